The van der Waals surface area contributed by atoms with Crippen LogP contribution in [0.4, 0.5) is 4.39 Å². The highest BCUT2D eigenvalue weighted by Gasteiger charge is 2.21. The number of carbonyl (C=O) groups is 1. The van der Waals surface area contributed by atoms with Crippen LogP contribution in [-0.4, -0.2) is 45.0 Å². The van der Waals surface area contributed by atoms with E-state index in [2.05, 4.69) is 20.5 Å². The van der Waals surface area contributed by atoms with Gasteiger partial charge in [-0.1, -0.05) is 0 Å². The van der Waals surface area contributed by atoms with E-state index in [4.69, 9.17) is 9.47 Å². The third-order valence-electron chi connectivity index (χ3n) is 4.31. The minimum absolute atomic E-state index is 0.108. The van der Waals surface area contributed by atoms with Gasteiger partial charge in [0.15, 0.2) is 5.82 Å². The summed E-state index contributed by atoms with van der Waals surface area (Å²) in [6.07, 6.45) is 3.74. The van der Waals surface area contributed by atoms with E-state index >= 15 is 0 Å². The maximum atomic E-state index is 13.1. The van der Waals surface area contributed by atoms with Crippen LogP contribution in [0.25, 0.3) is 5.69 Å². The number of pyridine rings is 1. The highest BCUT2D eigenvalue weighted by atomic mass is 19.1. The van der Waals surface area contributed by atoms with Gasteiger partial charge in [0.05, 0.1) is 19.8 Å². The second kappa shape index (κ2) is 8.13. The minimum atomic E-state index is -0.337. The zero-order valence-electron chi connectivity index (χ0n) is 14.9. The molecule has 144 valence electrons. The molecule has 0 aliphatic carbocycles. The maximum Gasteiger partial charge on any atom is 0.257 e. The van der Waals surface area contributed by atoms with Crippen molar-refractivity contribution in [1.29, 1.82) is 0 Å². The molecule has 1 fully saturated rings. The molecule has 1 N–H and O–H groups in total. The molecule has 0 radical (unpaired) electrons. The van der Waals surface area contributed by atoms with Crippen molar-refractivity contribution < 1.29 is 18.7 Å². The topological polar surface area (TPSA) is 91.2 Å². The molecule has 2 aromatic heterocycles. The molecule has 0 saturated carbocycles. The highest BCUT2D eigenvalue weighted by molar-refractivity contribution is 5.96. The Morgan fingerprint density at radius 1 is 1.32 bits per heavy atom. The molecule has 1 aliphatic heterocycles. The van der Waals surface area contributed by atoms with Gasteiger partial charge in [0, 0.05) is 18.3 Å². The average molecular weight is 383 g/mol. The van der Waals surface area contributed by atoms with Crippen LogP contribution in [0.3, 0.4) is 0 Å². The van der Waals surface area contributed by atoms with E-state index in [1.165, 1.54) is 18.5 Å². The van der Waals surface area contributed by atoms with E-state index in [9.17, 15) is 9.18 Å². The van der Waals surface area contributed by atoms with Gasteiger partial charge in [-0.25, -0.2) is 9.37 Å². The van der Waals surface area contributed by atoms with E-state index in [0.717, 1.165) is 6.42 Å². The van der Waals surface area contributed by atoms with Gasteiger partial charge in [-0.15, -0.1) is 10.2 Å². The van der Waals surface area contributed by atoms with Crippen LogP contribution < -0.4 is 10.1 Å². The second-order valence-electron chi connectivity index (χ2n) is 6.24. The number of amides is 1. The Morgan fingerprint density at radius 3 is 2.96 bits per heavy atom. The normalized spacial score (nSPS) is 16.1. The smallest absolute Gasteiger partial charge is 0.257 e. The number of rotatable bonds is 6. The van der Waals surface area contributed by atoms with Crippen LogP contribution in [0.1, 0.15) is 22.6 Å². The summed E-state index contributed by atoms with van der Waals surface area (Å²) in [5.74, 6) is 0.116. The first kappa shape index (κ1) is 18.1. The first-order chi connectivity index (χ1) is 13.7. The lowest BCUT2D eigenvalue weighted by Crippen LogP contribution is -2.26. The van der Waals surface area contributed by atoms with E-state index in [1.54, 1.807) is 35.0 Å². The van der Waals surface area contributed by atoms with Gasteiger partial charge in [0.25, 0.3) is 5.91 Å². The summed E-state index contributed by atoms with van der Waals surface area (Å²) in [7, 11) is 0. The Hall–Kier alpha value is -3.33. The lowest BCUT2D eigenvalue weighted by Gasteiger charge is -2.14. The Morgan fingerprint density at radius 2 is 2.18 bits per heavy atom. The summed E-state index contributed by atoms with van der Waals surface area (Å²) in [5.41, 5.74) is 1.03. The molecule has 1 aliphatic rings. The summed E-state index contributed by atoms with van der Waals surface area (Å²) in [6, 6.07) is 9.25. The van der Waals surface area contributed by atoms with Crippen LogP contribution in [0.5, 0.6) is 5.88 Å². The zero-order chi connectivity index (χ0) is 19.3. The van der Waals surface area contributed by atoms with E-state index in [-0.39, 0.29) is 30.3 Å². The Labute approximate surface area is 160 Å². The molecule has 0 bridgehead atoms. The summed E-state index contributed by atoms with van der Waals surface area (Å²) in [4.78, 5) is 16.8. The Kier molecular flexibility index (Phi) is 5.24. The number of halogens is 1. The van der Waals surface area contributed by atoms with Crippen molar-refractivity contribution in [3.8, 4) is 11.6 Å². The van der Waals surface area contributed by atoms with Gasteiger partial charge in [-0.3, -0.25) is 9.36 Å². The van der Waals surface area contributed by atoms with Gasteiger partial charge in [-0.05, 0) is 36.4 Å². The molecule has 3 heterocycles. The van der Waals surface area contributed by atoms with Crippen LogP contribution >= 0.6 is 0 Å². The number of benzene rings is 1. The fourth-order valence-corrected chi connectivity index (χ4v) is 2.87. The van der Waals surface area contributed by atoms with Crippen molar-refractivity contribution in [3.63, 3.8) is 0 Å². The van der Waals surface area contributed by atoms with Gasteiger partial charge in [-0.2, -0.15) is 0 Å². The lowest BCUT2D eigenvalue weighted by molar-refractivity contribution is 0.0936. The first-order valence-corrected chi connectivity index (χ1v) is 8.83. The molecule has 1 amide bonds. The number of ether oxygens (including phenoxy) is 2. The second-order valence-corrected chi connectivity index (χ2v) is 6.24. The van der Waals surface area contributed by atoms with Gasteiger partial charge in [0.2, 0.25) is 5.88 Å². The van der Waals surface area contributed by atoms with Crippen molar-refractivity contribution in [1.82, 2.24) is 25.1 Å². The molecule has 1 saturated heterocycles. The Balaban J connectivity index is 1.46. The quantitative estimate of drug-likeness (QED) is 0.699. The van der Waals surface area contributed by atoms with Gasteiger partial charge < -0.3 is 14.8 Å². The first-order valence-electron chi connectivity index (χ1n) is 8.83. The summed E-state index contributed by atoms with van der Waals surface area (Å²) in [6.45, 7) is 1.26. The van der Waals surface area contributed by atoms with Gasteiger partial charge >= 0.3 is 0 Å². The van der Waals surface area contributed by atoms with Crippen LogP contribution in [0, 0.1) is 5.82 Å². The van der Waals surface area contributed by atoms with E-state index < -0.39 is 0 Å². The fourth-order valence-electron chi connectivity index (χ4n) is 2.87. The molecule has 1 aromatic carbocycles. The molecule has 1 atom stereocenters. The third-order valence-corrected chi connectivity index (χ3v) is 4.31. The average Bonchev–Trinajstić information content (AvgIpc) is 3.39. The Bertz CT molecular complexity index is 954. The largest absolute Gasteiger partial charge is 0.471 e. The van der Waals surface area contributed by atoms with Crippen LogP contribution in [0.2, 0.25) is 0 Å². The SMILES string of the molecule is O=C(NCc1nncn1-c1ccc(F)cc1)c1cccnc1O[C@@H]1CCOC1. The fraction of sp³-hybridized carbons (Fsp3) is 0.263. The number of carbonyl (C=O) groups excluding carboxylic acids is 1. The molecule has 9 heteroatoms. The van der Waals surface area contributed by atoms with Crippen molar-refractivity contribution in [3.05, 3.63) is 66.1 Å². The summed E-state index contributed by atoms with van der Waals surface area (Å²) in [5, 5.41) is 10.7. The molecule has 0 unspecified atom stereocenters. The van der Waals surface area contributed by atoms with Gasteiger partial charge in [0.1, 0.15) is 23.8 Å². The van der Waals surface area contributed by atoms with Crippen molar-refractivity contribution in [2.45, 2.75) is 19.1 Å². The van der Waals surface area contributed by atoms with Crippen molar-refractivity contribution >= 4 is 5.91 Å². The van der Waals surface area contributed by atoms with Crippen LogP contribution in [-0.2, 0) is 11.3 Å². The lowest BCUT2D eigenvalue weighted by atomic mass is 10.2. The predicted octanol–water partition coefficient (Wildman–Crippen LogP) is 1.90. The van der Waals surface area contributed by atoms with Crippen molar-refractivity contribution in [2.75, 3.05) is 13.2 Å². The monoisotopic (exact) mass is 383 g/mol. The highest BCUT2D eigenvalue weighted by Crippen LogP contribution is 2.19. The van der Waals surface area contributed by atoms with Crippen molar-refractivity contribution in [2.24, 2.45) is 0 Å². The number of hydrogen-bond donors (Lipinski definition) is 1. The third kappa shape index (κ3) is 3.99. The number of nitrogens with one attached hydrogen (secondary N) is 1. The van der Waals surface area contributed by atoms with Crippen LogP contribution in [0.15, 0.2) is 48.9 Å². The van der Waals surface area contributed by atoms with E-state index in [0.29, 0.717) is 30.3 Å². The molecular weight excluding hydrogens is 365 g/mol. The summed E-state index contributed by atoms with van der Waals surface area (Å²) < 4.78 is 25.9. The molecule has 8 nitrogen and oxygen atoms in total. The molecular formula is C19H18FN5O3. The minimum Gasteiger partial charge on any atom is -0.471 e. The number of nitrogens with zero attached hydrogens (tertiary/aromatic N) is 4. The number of aromatic nitrogens is 4. The molecule has 4 rings (SSSR count). The maximum absolute atomic E-state index is 13.1. The standard InChI is InChI=1S/C19H18FN5O3/c20-13-3-5-14(6-4-13)25-12-23-24-17(25)10-22-18(26)16-2-1-8-21-19(16)28-15-7-9-27-11-15/h1-6,8,12,15H,7,9-11H2,(H,22,26)/t15-/m1/s1. The molecule has 0 spiro atoms. The predicted molar refractivity (Wildman–Crippen MR) is 96.6 cm³/mol. The molecule has 28 heavy (non-hydrogen) atoms. The zero-order valence-corrected chi connectivity index (χ0v) is 14.9. The molecule has 3 aromatic rings. The summed E-state index contributed by atoms with van der Waals surface area (Å²) >= 11 is 0. The van der Waals surface area contributed by atoms with E-state index in [1.807, 2.05) is 0 Å². The number of hydrogen-bond acceptors (Lipinski definition) is 6.